The number of nitrogens with one attached hydrogen (secondary N) is 3. The lowest BCUT2D eigenvalue weighted by atomic mass is 9.96. The summed E-state index contributed by atoms with van der Waals surface area (Å²) in [6, 6.07) is 20.8. The highest BCUT2D eigenvalue weighted by atomic mass is 32.2. The first-order chi connectivity index (χ1) is 24.3. The Bertz CT molecular complexity index is 1880. The summed E-state index contributed by atoms with van der Waals surface area (Å²) in [7, 11) is 1.51. The Hall–Kier alpha value is -4.81. The number of aliphatic hydroxyl groups excluding tert-OH is 1. The van der Waals surface area contributed by atoms with E-state index in [1.54, 1.807) is 38.1 Å². The van der Waals surface area contributed by atoms with E-state index < -0.39 is 46.7 Å². The van der Waals surface area contributed by atoms with Gasteiger partial charge in [-0.2, -0.15) is 0 Å². The lowest BCUT2D eigenvalue weighted by Gasteiger charge is -2.34. The van der Waals surface area contributed by atoms with Crippen LogP contribution in [0, 0.1) is 12.8 Å². The molecule has 0 saturated carbocycles. The first kappa shape index (κ1) is 37.4. The molecule has 4 atom stereocenters. The van der Waals surface area contributed by atoms with Gasteiger partial charge in [-0.1, -0.05) is 80.6 Å². The van der Waals surface area contributed by atoms with Crippen molar-refractivity contribution in [2.24, 2.45) is 5.92 Å². The van der Waals surface area contributed by atoms with Gasteiger partial charge in [-0.05, 0) is 61.9 Å². The van der Waals surface area contributed by atoms with Crippen LogP contribution in [0.3, 0.4) is 0 Å². The minimum atomic E-state index is -1.69. The van der Waals surface area contributed by atoms with Gasteiger partial charge < -0.3 is 35.1 Å². The molecule has 1 aliphatic rings. The third kappa shape index (κ3) is 8.57. The van der Waals surface area contributed by atoms with Crippen LogP contribution in [0.15, 0.2) is 83.3 Å². The maximum Gasteiger partial charge on any atom is 0.287 e. The van der Waals surface area contributed by atoms with E-state index in [1.165, 1.54) is 23.8 Å². The third-order valence-corrected chi connectivity index (χ3v) is 10.6. The summed E-state index contributed by atoms with van der Waals surface area (Å²) in [5, 5.41) is 21.0. The fourth-order valence-corrected chi connectivity index (χ4v) is 7.42. The number of nitrogens with zero attached hydrogens (tertiary/aromatic N) is 1. The largest absolute Gasteiger partial charge is 0.493 e. The molecule has 4 N–H and O–H groups in total. The van der Waals surface area contributed by atoms with Gasteiger partial charge in [0, 0.05) is 16.7 Å². The lowest BCUT2D eigenvalue weighted by molar-refractivity contribution is -0.148. The molecule has 12 heteroatoms. The van der Waals surface area contributed by atoms with E-state index in [-0.39, 0.29) is 29.9 Å². The number of amides is 4. The van der Waals surface area contributed by atoms with Crippen LogP contribution in [0.2, 0.25) is 0 Å². The maximum absolute atomic E-state index is 14.1. The van der Waals surface area contributed by atoms with Crippen LogP contribution in [-0.2, 0) is 27.3 Å². The van der Waals surface area contributed by atoms with Crippen LogP contribution >= 0.6 is 11.8 Å². The van der Waals surface area contributed by atoms with Crippen molar-refractivity contribution in [3.05, 3.63) is 101 Å². The molecule has 1 aromatic heterocycles. The van der Waals surface area contributed by atoms with E-state index in [1.807, 2.05) is 75.4 Å². The third-order valence-electron chi connectivity index (χ3n) is 9.24. The summed E-state index contributed by atoms with van der Waals surface area (Å²) in [6.45, 7) is 9.62. The van der Waals surface area contributed by atoms with Gasteiger partial charge in [-0.15, -0.1) is 11.8 Å². The van der Waals surface area contributed by atoms with Crippen molar-refractivity contribution in [1.82, 2.24) is 20.9 Å². The predicted octanol–water partition coefficient (Wildman–Crippen LogP) is 4.59. The number of aryl methyl sites for hydroxylation is 1. The normalized spacial score (nSPS) is 17.1. The van der Waals surface area contributed by atoms with Crippen molar-refractivity contribution in [1.29, 1.82) is 0 Å². The van der Waals surface area contributed by atoms with Crippen molar-refractivity contribution < 1.29 is 33.4 Å². The zero-order valence-electron chi connectivity index (χ0n) is 29.8. The van der Waals surface area contributed by atoms with Crippen molar-refractivity contribution in [2.75, 3.05) is 13.0 Å². The second-order valence-corrected chi connectivity index (χ2v) is 15.3. The number of carbonyl (C=O) groups is 4. The highest BCUT2D eigenvalue weighted by Gasteiger charge is 2.50. The van der Waals surface area contributed by atoms with Gasteiger partial charge in [-0.25, -0.2) is 0 Å². The lowest BCUT2D eigenvalue weighted by Crippen LogP contribution is -2.60. The number of furan rings is 1. The molecule has 2 heterocycles. The molecule has 5 rings (SSSR count). The predicted molar refractivity (Wildman–Crippen MR) is 197 cm³/mol. The summed E-state index contributed by atoms with van der Waals surface area (Å²) in [5.41, 5.74) is 3.18. The first-order valence-corrected chi connectivity index (χ1v) is 18.0. The van der Waals surface area contributed by atoms with Crippen LogP contribution in [-0.4, -0.2) is 75.6 Å². The summed E-state index contributed by atoms with van der Waals surface area (Å²) in [6.07, 6.45) is -1.57. The Balaban J connectivity index is 1.35. The molecule has 51 heavy (non-hydrogen) atoms. The molecule has 3 aromatic carbocycles. The summed E-state index contributed by atoms with van der Waals surface area (Å²) < 4.78 is 10.5. The Morgan fingerprint density at radius 2 is 1.71 bits per heavy atom. The molecule has 1 saturated heterocycles. The molecule has 1 fully saturated rings. The average Bonchev–Trinajstić information content (AvgIpc) is 3.70. The molecule has 0 spiro atoms. The molecule has 11 nitrogen and oxygen atoms in total. The van der Waals surface area contributed by atoms with Crippen molar-refractivity contribution in [3.63, 3.8) is 0 Å². The summed E-state index contributed by atoms with van der Waals surface area (Å²) in [5.74, 6) is -1.89. The molecule has 0 aliphatic carbocycles. The van der Waals surface area contributed by atoms with Crippen LogP contribution in [0.5, 0.6) is 5.75 Å². The van der Waals surface area contributed by atoms with Gasteiger partial charge in [-0.3, -0.25) is 19.2 Å². The molecule has 270 valence electrons. The molecule has 4 aromatic rings. The Morgan fingerprint density at radius 1 is 1.00 bits per heavy atom. The second kappa shape index (κ2) is 16.0. The second-order valence-electron chi connectivity index (χ2n) is 13.7. The van der Waals surface area contributed by atoms with Gasteiger partial charge >= 0.3 is 0 Å². The fraction of sp³-hybridized carbons (Fsp3) is 0.385. The topological polar surface area (TPSA) is 150 Å². The van der Waals surface area contributed by atoms with E-state index in [9.17, 15) is 24.3 Å². The number of carbonyl (C=O) groups excluding carboxylic acids is 4. The van der Waals surface area contributed by atoms with Gasteiger partial charge in [0.25, 0.3) is 11.8 Å². The quantitative estimate of drug-likeness (QED) is 0.157. The van der Waals surface area contributed by atoms with Gasteiger partial charge in [0.2, 0.25) is 11.8 Å². The highest BCUT2D eigenvalue weighted by molar-refractivity contribution is 8.00. The van der Waals surface area contributed by atoms with Gasteiger partial charge in [0.05, 0.1) is 19.0 Å². The summed E-state index contributed by atoms with van der Waals surface area (Å²) >= 11 is 1.44. The van der Waals surface area contributed by atoms with Crippen LogP contribution < -0.4 is 20.7 Å². The van der Waals surface area contributed by atoms with Gasteiger partial charge in [0.15, 0.2) is 23.2 Å². The van der Waals surface area contributed by atoms with Crippen LogP contribution in [0.25, 0.3) is 11.0 Å². The molecular weight excluding hydrogens is 669 g/mol. The number of ether oxygens (including phenoxy) is 1. The Labute approximate surface area is 302 Å². The van der Waals surface area contributed by atoms with E-state index in [2.05, 4.69) is 16.0 Å². The van der Waals surface area contributed by atoms with Gasteiger partial charge in [0.1, 0.15) is 12.1 Å². The van der Waals surface area contributed by atoms with E-state index in [4.69, 9.17) is 9.15 Å². The molecule has 4 amide bonds. The Morgan fingerprint density at radius 3 is 2.39 bits per heavy atom. The molecule has 1 aliphatic heterocycles. The number of rotatable bonds is 13. The van der Waals surface area contributed by atoms with E-state index >= 15 is 0 Å². The Kier molecular flexibility index (Phi) is 11.8. The standard InChI is InChI=1S/C39H46N4O7S/c1-23(2)31(42-35(45)30-20-26-17-12-18-29(49-6)33(26)50-30)36(46)41-28(19-25-14-8-7-9-15-25)32(44)38(48)43-22-51-39(4,5)34(43)37(47)40-21-27-16-11-10-13-24(27)3/h7-18,20,23,28,31-32,34,44H,19,21-22H2,1-6H3,(H,40,47)(H,41,46)(H,42,45)/t28-,31-,32-,34+/m0/s1. The fourth-order valence-electron chi connectivity index (χ4n) is 6.28. The zero-order valence-corrected chi connectivity index (χ0v) is 30.6. The number of fused-ring (bicyclic) bond motifs is 1. The number of benzene rings is 3. The van der Waals surface area contributed by atoms with E-state index in [0.717, 1.165) is 16.7 Å². The SMILES string of the molecule is COc1cccc2cc(C(=O)N[C@H](C(=O)N[C@@H](Cc3ccccc3)[C@H](O)C(=O)N3CSC(C)(C)[C@H]3C(=O)NCc3ccccc3C)C(C)C)oc12. The van der Waals surface area contributed by atoms with Crippen molar-refractivity contribution in [2.45, 2.75) is 76.6 Å². The number of aliphatic hydroxyl groups is 1. The van der Waals surface area contributed by atoms with E-state index in [0.29, 0.717) is 23.3 Å². The number of thioether (sulfide) groups is 1. The van der Waals surface area contributed by atoms with Crippen molar-refractivity contribution >= 4 is 46.4 Å². The highest BCUT2D eigenvalue weighted by Crippen LogP contribution is 2.40. The zero-order chi connectivity index (χ0) is 36.9. The monoisotopic (exact) mass is 714 g/mol. The molecule has 0 unspecified atom stereocenters. The number of hydrogen-bond acceptors (Lipinski definition) is 8. The van der Waals surface area contributed by atoms with Crippen LogP contribution in [0.1, 0.15) is 54.9 Å². The smallest absolute Gasteiger partial charge is 0.287 e. The molecular formula is C39H46N4O7S. The molecule has 0 radical (unpaired) electrons. The minimum Gasteiger partial charge on any atom is -0.493 e. The average molecular weight is 715 g/mol. The number of para-hydroxylation sites is 1. The van der Waals surface area contributed by atoms with Crippen molar-refractivity contribution in [3.8, 4) is 5.75 Å². The minimum absolute atomic E-state index is 0.00453. The first-order valence-electron chi connectivity index (χ1n) is 17.0. The maximum atomic E-state index is 14.1. The number of methoxy groups -OCH3 is 1. The number of hydrogen-bond donors (Lipinski definition) is 4. The summed E-state index contributed by atoms with van der Waals surface area (Å²) in [4.78, 5) is 56.5. The van der Waals surface area contributed by atoms with Crippen LogP contribution in [0.4, 0.5) is 0 Å². The molecule has 0 bridgehead atoms.